The van der Waals surface area contributed by atoms with Gasteiger partial charge in [-0.05, 0) is 79.3 Å². The van der Waals surface area contributed by atoms with Gasteiger partial charge >= 0.3 is 0 Å². The molecule has 8 nitrogen and oxygen atoms in total. The van der Waals surface area contributed by atoms with Gasteiger partial charge in [0.05, 0.1) is 22.2 Å². The van der Waals surface area contributed by atoms with E-state index >= 15 is 0 Å². The first kappa shape index (κ1) is 31.4. The standard InChI is InChI=1S/C32H36ClN3O5S3/c1-43(38,39)21-5-17-36-28-13-12-25(33)22-27(28)34-29(36)14-11-24-10-9-23-6-2-3-7-26(23)32(31(24)37)15-18-35(19-16-32)44(40,41)30-8-4-20-42-30/h2-4,6-8,12-13,20,22,24H,5,9-11,14-19,21H2,1H3. The van der Waals surface area contributed by atoms with Crippen LogP contribution in [0.4, 0.5) is 0 Å². The number of carbonyl (C=O) groups is 1. The van der Waals surface area contributed by atoms with Crippen LogP contribution in [-0.2, 0) is 49.5 Å². The molecule has 0 radical (unpaired) electrons. The number of fused-ring (bicyclic) bond motifs is 3. The summed E-state index contributed by atoms with van der Waals surface area (Å²) in [7, 11) is -6.69. The fourth-order valence-corrected chi connectivity index (χ4v) is 10.4. The molecule has 1 aliphatic carbocycles. The minimum atomic E-state index is -3.59. The van der Waals surface area contributed by atoms with Crippen molar-refractivity contribution in [3.05, 3.63) is 82.0 Å². The molecule has 2 aromatic carbocycles. The number of imidazole rings is 1. The summed E-state index contributed by atoms with van der Waals surface area (Å²) in [5, 5.41) is 2.35. The summed E-state index contributed by atoms with van der Waals surface area (Å²) in [6.07, 6.45) is 5.28. The number of halogens is 1. The Kier molecular flexibility index (Phi) is 8.80. The highest BCUT2D eigenvalue weighted by atomic mass is 35.5. The zero-order valence-electron chi connectivity index (χ0n) is 24.6. The van der Waals surface area contributed by atoms with Gasteiger partial charge in [-0.1, -0.05) is 41.9 Å². The fourth-order valence-electron chi connectivity index (χ4n) is 7.01. The molecule has 4 aromatic rings. The Morgan fingerprint density at radius 2 is 1.82 bits per heavy atom. The molecule has 0 saturated carbocycles. The van der Waals surface area contributed by atoms with E-state index in [1.807, 2.05) is 30.3 Å². The van der Waals surface area contributed by atoms with Crippen molar-refractivity contribution in [2.45, 2.75) is 61.1 Å². The van der Waals surface area contributed by atoms with Gasteiger partial charge in [-0.25, -0.2) is 21.8 Å². The average molecular weight is 674 g/mol. The highest BCUT2D eigenvalue weighted by Crippen LogP contribution is 2.45. The van der Waals surface area contributed by atoms with E-state index in [2.05, 4.69) is 16.7 Å². The van der Waals surface area contributed by atoms with E-state index in [9.17, 15) is 21.6 Å². The predicted molar refractivity (Wildman–Crippen MR) is 175 cm³/mol. The molecule has 1 fully saturated rings. The third-order valence-corrected chi connectivity index (χ3v) is 13.7. The van der Waals surface area contributed by atoms with E-state index in [0.717, 1.165) is 35.3 Å². The second-order valence-electron chi connectivity index (χ2n) is 12.0. The van der Waals surface area contributed by atoms with Crippen molar-refractivity contribution in [3.8, 4) is 0 Å². The lowest BCUT2D eigenvalue weighted by molar-refractivity contribution is -0.130. The van der Waals surface area contributed by atoms with Crippen molar-refractivity contribution in [2.24, 2.45) is 5.92 Å². The fraction of sp³-hybridized carbons (Fsp3) is 0.438. The lowest BCUT2D eigenvalue weighted by Gasteiger charge is -2.41. The van der Waals surface area contributed by atoms with Crippen LogP contribution in [0.25, 0.3) is 11.0 Å². The minimum Gasteiger partial charge on any atom is -0.328 e. The molecule has 6 rings (SSSR count). The Balaban J connectivity index is 1.26. The molecule has 1 unspecified atom stereocenters. The molecule has 1 spiro atoms. The van der Waals surface area contributed by atoms with Gasteiger partial charge in [0, 0.05) is 43.3 Å². The Labute approximate surface area is 268 Å². The van der Waals surface area contributed by atoms with E-state index in [4.69, 9.17) is 16.6 Å². The van der Waals surface area contributed by atoms with Crippen molar-refractivity contribution >= 4 is 59.6 Å². The summed E-state index contributed by atoms with van der Waals surface area (Å²) < 4.78 is 54.1. The van der Waals surface area contributed by atoms with E-state index < -0.39 is 25.3 Å². The number of Topliss-reactive ketones (excluding diaryl/α,β-unsaturated/α-hetero) is 1. The number of ketones is 1. The van der Waals surface area contributed by atoms with Crippen molar-refractivity contribution in [1.82, 2.24) is 13.9 Å². The molecule has 1 aliphatic heterocycles. The highest BCUT2D eigenvalue weighted by Gasteiger charge is 2.49. The summed E-state index contributed by atoms with van der Waals surface area (Å²) in [4.78, 5) is 19.5. The molecule has 0 N–H and O–H groups in total. The van der Waals surface area contributed by atoms with Gasteiger partial charge < -0.3 is 4.57 Å². The molecular weight excluding hydrogens is 638 g/mol. The number of benzene rings is 2. The monoisotopic (exact) mass is 673 g/mol. The SMILES string of the molecule is CS(=O)(=O)CCCn1c(CCC2CCc3ccccc3C3(CCN(S(=O)(=O)c4cccs4)CC3)C2=O)nc2cc(Cl)ccc21. The number of nitrogens with zero attached hydrogens (tertiary/aromatic N) is 3. The number of hydrogen-bond donors (Lipinski definition) is 0. The van der Waals surface area contributed by atoms with Crippen molar-refractivity contribution in [1.29, 1.82) is 0 Å². The average Bonchev–Trinajstić information content (AvgIpc) is 3.63. The van der Waals surface area contributed by atoms with Crippen LogP contribution in [0.2, 0.25) is 5.02 Å². The van der Waals surface area contributed by atoms with Crippen LogP contribution in [0.1, 0.15) is 49.1 Å². The third-order valence-electron chi connectivity index (χ3n) is 9.21. The number of sulfone groups is 1. The second kappa shape index (κ2) is 12.3. The largest absolute Gasteiger partial charge is 0.328 e. The van der Waals surface area contributed by atoms with Crippen LogP contribution in [0.5, 0.6) is 0 Å². The Morgan fingerprint density at radius 1 is 1.05 bits per heavy atom. The zero-order chi connectivity index (χ0) is 31.1. The normalized spacial score (nSPS) is 19.3. The Hall–Kier alpha value is -2.57. The zero-order valence-corrected chi connectivity index (χ0v) is 27.8. The Morgan fingerprint density at radius 3 is 2.55 bits per heavy atom. The van der Waals surface area contributed by atoms with E-state index in [1.54, 1.807) is 17.5 Å². The van der Waals surface area contributed by atoms with Gasteiger partial charge in [-0.3, -0.25) is 4.79 Å². The van der Waals surface area contributed by atoms with Crippen molar-refractivity contribution < 1.29 is 21.6 Å². The van der Waals surface area contributed by atoms with Gasteiger partial charge in [-0.2, -0.15) is 4.31 Å². The Bertz CT molecular complexity index is 1890. The first-order valence-corrected chi connectivity index (χ1v) is 19.7. The number of sulfonamides is 1. The van der Waals surface area contributed by atoms with Crippen molar-refractivity contribution in [2.75, 3.05) is 25.1 Å². The molecule has 2 aromatic heterocycles. The number of piperidine rings is 1. The number of aryl methyl sites for hydroxylation is 3. The molecule has 0 amide bonds. The molecule has 1 saturated heterocycles. The summed E-state index contributed by atoms with van der Waals surface area (Å²) in [5.41, 5.74) is 3.13. The van der Waals surface area contributed by atoms with E-state index in [1.165, 1.54) is 27.5 Å². The second-order valence-corrected chi connectivity index (χ2v) is 17.8. The maximum atomic E-state index is 14.6. The molecule has 44 heavy (non-hydrogen) atoms. The van der Waals surface area contributed by atoms with Gasteiger partial charge in [-0.15, -0.1) is 11.3 Å². The number of thiophene rings is 1. The number of rotatable bonds is 9. The molecule has 1 atom stereocenters. The maximum absolute atomic E-state index is 14.6. The molecule has 234 valence electrons. The summed E-state index contributed by atoms with van der Waals surface area (Å²) >= 11 is 7.48. The summed E-state index contributed by atoms with van der Waals surface area (Å²) in [6.45, 7) is 1.09. The van der Waals surface area contributed by atoms with Crippen LogP contribution in [0.3, 0.4) is 0 Å². The number of hydrogen-bond acceptors (Lipinski definition) is 7. The van der Waals surface area contributed by atoms with Gasteiger partial charge in [0.15, 0.2) is 0 Å². The number of aromatic nitrogens is 2. The van der Waals surface area contributed by atoms with Crippen LogP contribution in [0.15, 0.2) is 64.2 Å². The molecule has 0 bridgehead atoms. The van der Waals surface area contributed by atoms with Gasteiger partial charge in [0.25, 0.3) is 10.0 Å². The molecular formula is C32H36ClN3O5S3. The maximum Gasteiger partial charge on any atom is 0.252 e. The first-order valence-electron chi connectivity index (χ1n) is 15.0. The van der Waals surface area contributed by atoms with E-state index in [0.29, 0.717) is 61.0 Å². The molecule has 2 aliphatic rings. The van der Waals surface area contributed by atoms with Gasteiger partial charge in [0.2, 0.25) is 0 Å². The predicted octanol–water partition coefficient (Wildman–Crippen LogP) is 5.67. The lowest BCUT2D eigenvalue weighted by Crippen LogP contribution is -2.50. The minimum absolute atomic E-state index is 0.0841. The molecule has 3 heterocycles. The van der Waals surface area contributed by atoms with Gasteiger partial charge in [0.1, 0.15) is 25.7 Å². The first-order chi connectivity index (χ1) is 21.0. The van der Waals surface area contributed by atoms with E-state index in [-0.39, 0.29) is 17.5 Å². The van der Waals surface area contributed by atoms with Crippen LogP contribution in [-0.4, -0.2) is 61.6 Å². The third kappa shape index (κ3) is 6.13. The topological polar surface area (TPSA) is 106 Å². The van der Waals surface area contributed by atoms with Crippen LogP contribution < -0.4 is 0 Å². The van der Waals surface area contributed by atoms with Crippen molar-refractivity contribution in [3.63, 3.8) is 0 Å². The lowest BCUT2D eigenvalue weighted by atomic mass is 9.66. The highest BCUT2D eigenvalue weighted by molar-refractivity contribution is 7.91. The number of carbonyl (C=O) groups excluding carboxylic acids is 1. The summed E-state index contributed by atoms with van der Waals surface area (Å²) in [5.74, 6) is 0.881. The quantitative estimate of drug-likeness (QED) is 0.227. The van der Waals surface area contributed by atoms with Crippen LogP contribution >= 0.6 is 22.9 Å². The molecule has 12 heteroatoms. The van der Waals surface area contributed by atoms with Crippen LogP contribution in [0, 0.1) is 5.92 Å². The smallest absolute Gasteiger partial charge is 0.252 e. The summed E-state index contributed by atoms with van der Waals surface area (Å²) in [6, 6.07) is 17.1.